The summed E-state index contributed by atoms with van der Waals surface area (Å²) >= 11 is 7.98. The normalized spacial score (nSPS) is 11.3. The Morgan fingerprint density at radius 2 is 2.19 bits per heavy atom. The second-order valence-electron chi connectivity index (χ2n) is 4.17. The molecule has 0 aliphatic heterocycles. The summed E-state index contributed by atoms with van der Waals surface area (Å²) in [5.74, 6) is -0.134. The van der Waals surface area contributed by atoms with Crippen LogP contribution in [-0.2, 0) is 0 Å². The number of rotatable bonds is 3. The van der Waals surface area contributed by atoms with Crippen LogP contribution in [0, 0.1) is 3.57 Å². The van der Waals surface area contributed by atoms with Crippen molar-refractivity contribution >= 4 is 40.1 Å². The van der Waals surface area contributed by atoms with E-state index in [1.54, 1.807) is 18.2 Å². The van der Waals surface area contributed by atoms with Crippen molar-refractivity contribution < 1.29 is 4.79 Å². The van der Waals surface area contributed by atoms with E-state index in [9.17, 15) is 4.79 Å². The van der Waals surface area contributed by atoms with Crippen LogP contribution in [0.2, 0.25) is 5.02 Å². The molecule has 1 aromatic rings. The summed E-state index contributed by atoms with van der Waals surface area (Å²) in [6, 6.07) is 5.17. The summed E-state index contributed by atoms with van der Waals surface area (Å²) in [6.07, 6.45) is 0. The third kappa shape index (κ3) is 3.61. The monoisotopic (exact) mass is 352 g/mol. The largest absolute Gasteiger partial charge is 0.346 e. The number of halogens is 2. The van der Waals surface area contributed by atoms with E-state index in [0.29, 0.717) is 17.1 Å². The Morgan fingerprint density at radius 1 is 1.56 bits per heavy atom. The molecule has 0 fully saturated rings. The van der Waals surface area contributed by atoms with Gasteiger partial charge in [0.15, 0.2) is 0 Å². The van der Waals surface area contributed by atoms with Gasteiger partial charge in [-0.25, -0.2) is 0 Å². The van der Waals surface area contributed by atoms with Gasteiger partial charge in [-0.2, -0.15) is 0 Å². The molecule has 5 heteroatoms. The molecule has 1 amide bonds. The predicted octanol–water partition coefficient (Wildman–Crippen LogP) is 2.41. The van der Waals surface area contributed by atoms with E-state index in [4.69, 9.17) is 17.3 Å². The third-order valence-electron chi connectivity index (χ3n) is 2.14. The van der Waals surface area contributed by atoms with Crippen LogP contribution in [0.15, 0.2) is 18.2 Å². The van der Waals surface area contributed by atoms with Gasteiger partial charge in [-0.15, -0.1) is 0 Å². The summed E-state index contributed by atoms with van der Waals surface area (Å²) in [5, 5.41) is 3.51. The van der Waals surface area contributed by atoms with E-state index in [1.807, 2.05) is 13.8 Å². The molecule has 0 heterocycles. The van der Waals surface area contributed by atoms with Crippen molar-refractivity contribution in [2.24, 2.45) is 5.73 Å². The maximum absolute atomic E-state index is 11.9. The Kier molecular flexibility index (Phi) is 4.58. The molecule has 0 spiro atoms. The maximum atomic E-state index is 11.9. The second-order valence-corrected chi connectivity index (χ2v) is 5.74. The topological polar surface area (TPSA) is 55.1 Å². The molecular weight excluding hydrogens is 338 g/mol. The smallest absolute Gasteiger partial charge is 0.251 e. The SMILES string of the molecule is CC(C)(CN)NC(=O)c1ccc(Cl)c(I)c1. The Morgan fingerprint density at radius 3 is 2.69 bits per heavy atom. The number of carbonyl (C=O) groups excluding carboxylic acids is 1. The highest BCUT2D eigenvalue weighted by Gasteiger charge is 2.19. The molecule has 0 unspecified atom stereocenters. The first-order chi connectivity index (χ1) is 7.35. The van der Waals surface area contributed by atoms with Crippen molar-refractivity contribution in [3.05, 3.63) is 32.4 Å². The van der Waals surface area contributed by atoms with E-state index >= 15 is 0 Å². The fraction of sp³-hybridized carbons (Fsp3) is 0.364. The van der Waals surface area contributed by atoms with Crippen LogP contribution in [0.1, 0.15) is 24.2 Å². The van der Waals surface area contributed by atoms with Crippen LogP contribution in [0.25, 0.3) is 0 Å². The number of carbonyl (C=O) groups is 1. The van der Waals surface area contributed by atoms with Crippen molar-refractivity contribution in [3.8, 4) is 0 Å². The lowest BCUT2D eigenvalue weighted by atomic mass is 10.1. The molecule has 16 heavy (non-hydrogen) atoms. The van der Waals surface area contributed by atoms with Gasteiger partial charge >= 0.3 is 0 Å². The molecular formula is C11H14ClIN2O. The molecule has 0 bridgehead atoms. The standard InChI is InChI=1S/C11H14ClIN2O/c1-11(2,6-14)15-10(16)7-3-4-8(12)9(13)5-7/h3-5H,6,14H2,1-2H3,(H,15,16). The van der Waals surface area contributed by atoms with Gasteiger partial charge in [-0.1, -0.05) is 11.6 Å². The molecule has 88 valence electrons. The van der Waals surface area contributed by atoms with Crippen molar-refractivity contribution in [2.45, 2.75) is 19.4 Å². The number of benzene rings is 1. The Balaban J connectivity index is 2.85. The zero-order valence-corrected chi connectivity index (χ0v) is 12.1. The van der Waals surface area contributed by atoms with Gasteiger partial charge in [0.2, 0.25) is 0 Å². The zero-order chi connectivity index (χ0) is 12.3. The van der Waals surface area contributed by atoms with Gasteiger partial charge in [-0.3, -0.25) is 4.79 Å². The average molecular weight is 353 g/mol. The van der Waals surface area contributed by atoms with E-state index in [0.717, 1.165) is 3.57 Å². The first-order valence-electron chi connectivity index (χ1n) is 4.83. The molecule has 0 aliphatic rings. The Bertz CT molecular complexity index is 407. The van der Waals surface area contributed by atoms with E-state index in [1.165, 1.54) is 0 Å². The lowest BCUT2D eigenvalue weighted by Gasteiger charge is -2.24. The van der Waals surface area contributed by atoms with Crippen LogP contribution in [0.5, 0.6) is 0 Å². The minimum atomic E-state index is -0.401. The summed E-state index contributed by atoms with van der Waals surface area (Å²) in [4.78, 5) is 11.9. The molecule has 1 rings (SSSR count). The van der Waals surface area contributed by atoms with Crippen LogP contribution in [-0.4, -0.2) is 18.0 Å². The van der Waals surface area contributed by atoms with E-state index in [-0.39, 0.29) is 5.91 Å². The van der Waals surface area contributed by atoms with Crippen molar-refractivity contribution in [3.63, 3.8) is 0 Å². The fourth-order valence-electron chi connectivity index (χ4n) is 1.07. The summed E-state index contributed by atoms with van der Waals surface area (Å²) in [5.41, 5.74) is 5.74. The quantitative estimate of drug-likeness (QED) is 0.821. The molecule has 3 nitrogen and oxygen atoms in total. The number of hydrogen-bond donors (Lipinski definition) is 2. The van der Waals surface area contributed by atoms with Gasteiger partial charge in [0, 0.05) is 21.2 Å². The zero-order valence-electron chi connectivity index (χ0n) is 9.18. The minimum Gasteiger partial charge on any atom is -0.346 e. The van der Waals surface area contributed by atoms with E-state index in [2.05, 4.69) is 27.9 Å². The Hall–Kier alpha value is -0.330. The fourth-order valence-corrected chi connectivity index (χ4v) is 1.70. The van der Waals surface area contributed by atoms with Gasteiger partial charge in [0.05, 0.1) is 5.02 Å². The summed E-state index contributed by atoms with van der Waals surface area (Å²) in [6.45, 7) is 4.15. The molecule has 0 saturated carbocycles. The van der Waals surface area contributed by atoms with Crippen molar-refractivity contribution in [1.82, 2.24) is 5.32 Å². The second kappa shape index (κ2) is 5.33. The highest BCUT2D eigenvalue weighted by molar-refractivity contribution is 14.1. The van der Waals surface area contributed by atoms with Crippen LogP contribution in [0.3, 0.4) is 0 Å². The molecule has 0 aliphatic carbocycles. The summed E-state index contributed by atoms with van der Waals surface area (Å²) < 4.78 is 0.859. The number of nitrogens with one attached hydrogen (secondary N) is 1. The van der Waals surface area contributed by atoms with Gasteiger partial charge in [0.1, 0.15) is 0 Å². The van der Waals surface area contributed by atoms with Crippen molar-refractivity contribution in [2.75, 3.05) is 6.54 Å². The lowest BCUT2D eigenvalue weighted by molar-refractivity contribution is 0.0915. The van der Waals surface area contributed by atoms with Gasteiger partial charge in [0.25, 0.3) is 5.91 Å². The Labute approximate surface area is 114 Å². The number of amides is 1. The van der Waals surface area contributed by atoms with Crippen LogP contribution < -0.4 is 11.1 Å². The molecule has 0 aromatic heterocycles. The number of hydrogen-bond acceptors (Lipinski definition) is 2. The molecule has 3 N–H and O–H groups in total. The maximum Gasteiger partial charge on any atom is 0.251 e. The third-order valence-corrected chi connectivity index (χ3v) is 3.68. The van der Waals surface area contributed by atoms with Gasteiger partial charge < -0.3 is 11.1 Å². The van der Waals surface area contributed by atoms with Gasteiger partial charge in [-0.05, 0) is 54.6 Å². The highest BCUT2D eigenvalue weighted by Crippen LogP contribution is 2.19. The van der Waals surface area contributed by atoms with E-state index < -0.39 is 5.54 Å². The molecule has 0 saturated heterocycles. The predicted molar refractivity (Wildman–Crippen MR) is 74.8 cm³/mol. The first-order valence-corrected chi connectivity index (χ1v) is 6.29. The molecule has 0 radical (unpaired) electrons. The van der Waals surface area contributed by atoms with Crippen molar-refractivity contribution in [1.29, 1.82) is 0 Å². The van der Waals surface area contributed by atoms with Crippen LogP contribution >= 0.6 is 34.2 Å². The lowest BCUT2D eigenvalue weighted by Crippen LogP contribution is -2.48. The highest BCUT2D eigenvalue weighted by atomic mass is 127. The summed E-state index contributed by atoms with van der Waals surface area (Å²) in [7, 11) is 0. The molecule has 1 aromatic carbocycles. The average Bonchev–Trinajstić information content (AvgIpc) is 2.21. The first kappa shape index (κ1) is 13.7. The van der Waals surface area contributed by atoms with Crippen LogP contribution in [0.4, 0.5) is 0 Å². The minimum absolute atomic E-state index is 0.134. The number of nitrogens with two attached hydrogens (primary N) is 1. The molecule has 0 atom stereocenters.